The first-order valence-corrected chi connectivity index (χ1v) is 13.3. The van der Waals surface area contributed by atoms with E-state index < -0.39 is 0 Å². The topological polar surface area (TPSA) is 50.2 Å². The summed E-state index contributed by atoms with van der Waals surface area (Å²) in [6.07, 6.45) is 11.4. The lowest BCUT2D eigenvalue weighted by atomic mass is 9.69. The van der Waals surface area contributed by atoms with Crippen molar-refractivity contribution >= 4 is 21.6 Å². The van der Waals surface area contributed by atoms with Gasteiger partial charge in [-0.05, 0) is 57.3 Å². The van der Waals surface area contributed by atoms with Crippen LogP contribution in [0.3, 0.4) is 0 Å². The van der Waals surface area contributed by atoms with Crippen molar-refractivity contribution in [3.63, 3.8) is 0 Å². The molecule has 1 fully saturated rings. The van der Waals surface area contributed by atoms with Crippen molar-refractivity contribution in [2.75, 3.05) is 27.2 Å². The number of nitrogens with zero attached hydrogens (tertiary/aromatic N) is 3. The Morgan fingerprint density at radius 1 is 1.18 bits per heavy atom. The molecular formula is C27H36N4OS. The van der Waals surface area contributed by atoms with Crippen molar-refractivity contribution in [1.82, 2.24) is 19.8 Å². The van der Waals surface area contributed by atoms with Crippen LogP contribution in [0.25, 0.3) is 10.2 Å². The molecule has 0 amide bonds. The van der Waals surface area contributed by atoms with E-state index in [-0.39, 0.29) is 11.0 Å². The standard InChI is InChI=1S/C27H36N4OS/c1-30(2)15-16-31-19-29-25-24(26(31)32)22-12-11-21(17-23(22)33-25)28-18-27(13-7-4-8-14-27)20-9-5-3-6-10-20/h3,5-6,9-10,19,21,28H,4,7-8,11-18H2,1-2H3/t21-/m1/s1. The van der Waals surface area contributed by atoms with E-state index >= 15 is 0 Å². The quantitative estimate of drug-likeness (QED) is 0.564. The molecule has 33 heavy (non-hydrogen) atoms. The van der Waals surface area contributed by atoms with E-state index in [2.05, 4.69) is 45.5 Å². The van der Waals surface area contributed by atoms with Crippen molar-refractivity contribution in [2.24, 2.45) is 0 Å². The molecule has 2 aromatic heterocycles. The highest BCUT2D eigenvalue weighted by Gasteiger charge is 2.35. The fourth-order valence-electron chi connectivity index (χ4n) is 5.77. The van der Waals surface area contributed by atoms with E-state index in [0.29, 0.717) is 12.6 Å². The van der Waals surface area contributed by atoms with Gasteiger partial charge in [-0.1, -0.05) is 49.6 Å². The van der Waals surface area contributed by atoms with Crippen LogP contribution in [0.4, 0.5) is 0 Å². The molecule has 1 saturated carbocycles. The van der Waals surface area contributed by atoms with Crippen LogP contribution in [-0.2, 0) is 24.8 Å². The summed E-state index contributed by atoms with van der Waals surface area (Å²) in [6.45, 7) is 2.58. The van der Waals surface area contributed by atoms with Gasteiger partial charge >= 0.3 is 0 Å². The van der Waals surface area contributed by atoms with Gasteiger partial charge in [0, 0.05) is 36.0 Å². The van der Waals surface area contributed by atoms with Crippen molar-refractivity contribution in [3.05, 3.63) is 63.0 Å². The zero-order valence-corrected chi connectivity index (χ0v) is 20.8. The monoisotopic (exact) mass is 464 g/mol. The largest absolute Gasteiger partial charge is 0.313 e. The molecule has 5 nitrogen and oxygen atoms in total. The molecular weight excluding hydrogens is 428 g/mol. The van der Waals surface area contributed by atoms with E-state index in [4.69, 9.17) is 0 Å². The number of hydrogen-bond donors (Lipinski definition) is 1. The van der Waals surface area contributed by atoms with Gasteiger partial charge in [0.2, 0.25) is 0 Å². The number of aryl methyl sites for hydroxylation is 1. The maximum Gasteiger partial charge on any atom is 0.262 e. The van der Waals surface area contributed by atoms with Gasteiger partial charge in [0.1, 0.15) is 4.83 Å². The van der Waals surface area contributed by atoms with E-state index in [9.17, 15) is 4.79 Å². The van der Waals surface area contributed by atoms with E-state index in [0.717, 1.165) is 42.6 Å². The van der Waals surface area contributed by atoms with Crippen LogP contribution < -0.4 is 10.9 Å². The number of thiophene rings is 1. The predicted molar refractivity (Wildman–Crippen MR) is 137 cm³/mol. The molecule has 0 bridgehead atoms. The average molecular weight is 465 g/mol. The van der Waals surface area contributed by atoms with Crippen LogP contribution in [0, 0.1) is 0 Å². The van der Waals surface area contributed by atoms with Gasteiger partial charge in [-0.25, -0.2) is 4.98 Å². The van der Waals surface area contributed by atoms with E-state index in [1.165, 1.54) is 48.1 Å². The molecule has 2 aliphatic carbocycles. The zero-order chi connectivity index (χ0) is 22.8. The molecule has 0 aliphatic heterocycles. The molecule has 2 heterocycles. The summed E-state index contributed by atoms with van der Waals surface area (Å²) in [5, 5.41) is 4.85. The second-order valence-corrected chi connectivity index (χ2v) is 11.3. The van der Waals surface area contributed by atoms with Crippen LogP contribution >= 0.6 is 11.3 Å². The molecule has 0 unspecified atom stereocenters. The number of hydrogen-bond acceptors (Lipinski definition) is 5. The predicted octanol–water partition coefficient (Wildman–Crippen LogP) is 4.37. The lowest BCUT2D eigenvalue weighted by Gasteiger charge is -2.40. The highest BCUT2D eigenvalue weighted by Crippen LogP contribution is 2.40. The minimum absolute atomic E-state index is 0.135. The number of aromatic nitrogens is 2. The normalized spacial score (nSPS) is 20.3. The Morgan fingerprint density at radius 3 is 2.73 bits per heavy atom. The van der Waals surface area contributed by atoms with Gasteiger partial charge in [-0.2, -0.15) is 0 Å². The number of nitrogens with one attached hydrogen (secondary N) is 1. The molecule has 0 saturated heterocycles. The Bertz CT molecular complexity index is 1140. The molecule has 1 N–H and O–H groups in total. The Morgan fingerprint density at radius 2 is 1.97 bits per heavy atom. The molecule has 0 spiro atoms. The number of fused-ring (bicyclic) bond motifs is 3. The number of benzene rings is 1. The van der Waals surface area contributed by atoms with Gasteiger partial charge in [0.15, 0.2) is 0 Å². The summed E-state index contributed by atoms with van der Waals surface area (Å²) < 4.78 is 1.78. The summed E-state index contributed by atoms with van der Waals surface area (Å²) in [5.41, 5.74) is 3.16. The second-order valence-electron chi connectivity index (χ2n) is 10.3. The van der Waals surface area contributed by atoms with Gasteiger partial charge in [0.25, 0.3) is 5.56 Å². The van der Waals surface area contributed by atoms with Gasteiger partial charge in [0.05, 0.1) is 11.7 Å². The fraction of sp³-hybridized carbons (Fsp3) is 0.556. The third-order valence-electron chi connectivity index (χ3n) is 7.75. The molecule has 3 aromatic rings. The third-order valence-corrected chi connectivity index (χ3v) is 8.91. The smallest absolute Gasteiger partial charge is 0.262 e. The molecule has 176 valence electrons. The minimum atomic E-state index is 0.135. The van der Waals surface area contributed by atoms with E-state index in [1.807, 2.05) is 14.1 Å². The van der Waals surface area contributed by atoms with Crippen molar-refractivity contribution in [1.29, 1.82) is 0 Å². The maximum absolute atomic E-state index is 13.2. The van der Waals surface area contributed by atoms with Crippen molar-refractivity contribution in [3.8, 4) is 0 Å². The number of likely N-dealkylation sites (N-methyl/N-ethyl adjacent to an activating group) is 1. The van der Waals surface area contributed by atoms with Crippen LogP contribution in [0.15, 0.2) is 41.5 Å². The molecule has 6 heteroatoms. The Hall–Kier alpha value is -2.02. The first kappa shape index (κ1) is 22.8. The zero-order valence-electron chi connectivity index (χ0n) is 20.0. The summed E-state index contributed by atoms with van der Waals surface area (Å²) in [6, 6.07) is 11.6. The molecule has 1 aromatic carbocycles. The van der Waals surface area contributed by atoms with Crippen LogP contribution in [0.2, 0.25) is 0 Å². The number of rotatable bonds is 7. The summed E-state index contributed by atoms with van der Waals surface area (Å²) in [4.78, 5) is 22.2. The Balaban J connectivity index is 1.33. The van der Waals surface area contributed by atoms with Crippen molar-refractivity contribution < 1.29 is 0 Å². The lowest BCUT2D eigenvalue weighted by molar-refractivity contribution is 0.265. The summed E-state index contributed by atoms with van der Waals surface area (Å²) in [7, 11) is 4.07. The molecule has 1 atom stereocenters. The molecule has 2 aliphatic rings. The fourth-order valence-corrected chi connectivity index (χ4v) is 7.03. The highest BCUT2D eigenvalue weighted by atomic mass is 32.1. The molecule has 5 rings (SSSR count). The first-order valence-electron chi connectivity index (χ1n) is 12.5. The first-order chi connectivity index (χ1) is 16.1. The van der Waals surface area contributed by atoms with Crippen LogP contribution in [-0.4, -0.2) is 47.7 Å². The summed E-state index contributed by atoms with van der Waals surface area (Å²) >= 11 is 1.73. The molecule has 0 radical (unpaired) electrons. The van der Waals surface area contributed by atoms with Gasteiger partial charge < -0.3 is 10.2 Å². The van der Waals surface area contributed by atoms with E-state index in [1.54, 1.807) is 22.2 Å². The third kappa shape index (κ3) is 4.66. The van der Waals surface area contributed by atoms with Crippen LogP contribution in [0.1, 0.15) is 54.5 Å². The lowest BCUT2D eigenvalue weighted by Crippen LogP contribution is -2.45. The Kier molecular flexibility index (Phi) is 6.68. The maximum atomic E-state index is 13.2. The Labute approximate surface area is 200 Å². The highest BCUT2D eigenvalue weighted by molar-refractivity contribution is 7.18. The second kappa shape index (κ2) is 9.69. The van der Waals surface area contributed by atoms with Crippen molar-refractivity contribution in [2.45, 2.75) is 69.4 Å². The van der Waals surface area contributed by atoms with Gasteiger partial charge in [-0.15, -0.1) is 11.3 Å². The van der Waals surface area contributed by atoms with Gasteiger partial charge in [-0.3, -0.25) is 9.36 Å². The minimum Gasteiger partial charge on any atom is -0.313 e. The summed E-state index contributed by atoms with van der Waals surface area (Å²) in [5.74, 6) is 0. The van der Waals surface area contributed by atoms with Crippen LogP contribution in [0.5, 0.6) is 0 Å². The average Bonchev–Trinajstić information content (AvgIpc) is 3.22. The SMILES string of the molecule is CN(C)CCn1cnc2sc3c(c2c1=O)CC[C@@H](NCC1(c2ccccc2)CCCCC1)C3.